The molecule has 0 radical (unpaired) electrons. The van der Waals surface area contributed by atoms with E-state index in [1.807, 2.05) is 13.8 Å². The Balaban J connectivity index is 2.19. The second-order valence-corrected chi connectivity index (χ2v) is 6.99. The summed E-state index contributed by atoms with van der Waals surface area (Å²) in [6.07, 6.45) is 1.00. The lowest BCUT2D eigenvalue weighted by molar-refractivity contribution is 0.102. The van der Waals surface area contributed by atoms with E-state index in [1.54, 1.807) is 18.2 Å². The molecular weight excluding hydrogens is 352 g/mol. The van der Waals surface area contributed by atoms with Crippen LogP contribution in [0.2, 0.25) is 5.02 Å². The van der Waals surface area contributed by atoms with Crippen LogP contribution in [-0.2, 0) is 0 Å². The van der Waals surface area contributed by atoms with Crippen LogP contribution in [0.1, 0.15) is 42.0 Å². The Bertz CT molecular complexity index is 793. The molecule has 2 aromatic rings. The van der Waals surface area contributed by atoms with Crippen molar-refractivity contribution in [1.29, 1.82) is 0 Å². The summed E-state index contributed by atoms with van der Waals surface area (Å²) in [5.74, 6) is 1.20. The number of rotatable bonds is 7. The van der Waals surface area contributed by atoms with Gasteiger partial charge in [0, 0.05) is 23.3 Å². The summed E-state index contributed by atoms with van der Waals surface area (Å²) >= 11 is 6.11. The molecule has 0 aliphatic rings. The normalized spacial score (nSPS) is 10.7. The van der Waals surface area contributed by atoms with Crippen LogP contribution in [0.3, 0.4) is 0 Å². The Morgan fingerprint density at radius 3 is 2.62 bits per heavy atom. The largest absolute Gasteiger partial charge is 0.495 e. The highest BCUT2D eigenvalue weighted by Crippen LogP contribution is 2.31. The zero-order valence-electron chi connectivity index (χ0n) is 15.8. The third kappa shape index (κ3) is 5.33. The highest BCUT2D eigenvalue weighted by Gasteiger charge is 2.15. The van der Waals surface area contributed by atoms with Gasteiger partial charge in [0.05, 0.1) is 12.8 Å². The fourth-order valence-electron chi connectivity index (χ4n) is 2.35. The summed E-state index contributed by atoms with van der Waals surface area (Å²) in [6, 6.07) is 5.10. The molecule has 0 saturated heterocycles. The quantitative estimate of drug-likeness (QED) is 0.745. The van der Waals surface area contributed by atoms with Crippen molar-refractivity contribution in [3.8, 4) is 5.75 Å². The molecule has 6 nitrogen and oxygen atoms in total. The van der Waals surface area contributed by atoms with Crippen molar-refractivity contribution in [2.24, 2.45) is 5.92 Å². The molecule has 0 fully saturated rings. The van der Waals surface area contributed by atoms with Crippen molar-refractivity contribution in [3.05, 3.63) is 40.2 Å². The number of ether oxygens (including phenoxy) is 1. The first-order valence-electron chi connectivity index (χ1n) is 8.55. The number of aryl methyl sites for hydroxylation is 2. The first kappa shape index (κ1) is 20.0. The van der Waals surface area contributed by atoms with Crippen molar-refractivity contribution < 1.29 is 9.53 Å². The molecular formula is C19H25ClN4O2. The summed E-state index contributed by atoms with van der Waals surface area (Å²) in [6.45, 7) is 8.76. The fourth-order valence-corrected chi connectivity index (χ4v) is 2.51. The summed E-state index contributed by atoms with van der Waals surface area (Å²) in [5, 5.41) is 6.58. The van der Waals surface area contributed by atoms with Crippen LogP contribution in [0.5, 0.6) is 5.75 Å². The Morgan fingerprint density at radius 1 is 1.23 bits per heavy atom. The maximum atomic E-state index is 12.6. The molecule has 0 aliphatic heterocycles. The highest BCUT2D eigenvalue weighted by atomic mass is 35.5. The lowest BCUT2D eigenvalue weighted by Crippen LogP contribution is -2.17. The summed E-state index contributed by atoms with van der Waals surface area (Å²) in [4.78, 5) is 21.3. The van der Waals surface area contributed by atoms with Crippen LogP contribution in [0.15, 0.2) is 18.2 Å². The second-order valence-electron chi connectivity index (χ2n) is 6.58. The van der Waals surface area contributed by atoms with E-state index >= 15 is 0 Å². The van der Waals surface area contributed by atoms with E-state index in [9.17, 15) is 4.79 Å². The summed E-state index contributed by atoms with van der Waals surface area (Å²) in [5.41, 5.74) is 2.40. The summed E-state index contributed by atoms with van der Waals surface area (Å²) in [7, 11) is 1.53. The van der Waals surface area contributed by atoms with Crippen LogP contribution < -0.4 is 15.4 Å². The van der Waals surface area contributed by atoms with Gasteiger partial charge in [0.15, 0.2) is 0 Å². The van der Waals surface area contributed by atoms with Crippen LogP contribution in [-0.4, -0.2) is 29.5 Å². The van der Waals surface area contributed by atoms with E-state index in [0.29, 0.717) is 34.0 Å². The van der Waals surface area contributed by atoms with Gasteiger partial charge in [-0.05, 0) is 43.9 Å². The molecule has 0 aliphatic carbocycles. The standard InChI is InChI=1S/C19H25ClN4O2/c1-11(2)6-7-21-19-22-13(4)9-16(24-19)18(25)23-15-8-12(3)14(20)10-17(15)26-5/h8-11H,6-7H2,1-5H3,(H,23,25)(H,21,22,24). The van der Waals surface area contributed by atoms with Crippen LogP contribution >= 0.6 is 11.6 Å². The van der Waals surface area contributed by atoms with E-state index in [-0.39, 0.29) is 5.91 Å². The molecule has 140 valence electrons. The van der Waals surface area contributed by atoms with Gasteiger partial charge in [0.1, 0.15) is 11.4 Å². The van der Waals surface area contributed by atoms with Crippen molar-refractivity contribution in [1.82, 2.24) is 9.97 Å². The molecule has 1 amide bonds. The smallest absolute Gasteiger partial charge is 0.274 e. The number of aromatic nitrogens is 2. The predicted octanol–water partition coefficient (Wildman–Crippen LogP) is 4.47. The molecule has 0 saturated carbocycles. The first-order valence-corrected chi connectivity index (χ1v) is 8.93. The van der Waals surface area contributed by atoms with Crippen molar-refractivity contribution in [2.75, 3.05) is 24.3 Å². The van der Waals surface area contributed by atoms with E-state index in [4.69, 9.17) is 16.3 Å². The van der Waals surface area contributed by atoms with Crippen molar-refractivity contribution in [2.45, 2.75) is 34.1 Å². The minimum absolute atomic E-state index is 0.291. The average Bonchev–Trinajstić information content (AvgIpc) is 2.57. The number of hydrogen-bond donors (Lipinski definition) is 2. The number of carbonyl (C=O) groups excluding carboxylic acids is 1. The molecule has 2 N–H and O–H groups in total. The van der Waals surface area contributed by atoms with E-state index in [0.717, 1.165) is 24.2 Å². The Morgan fingerprint density at radius 2 is 1.96 bits per heavy atom. The molecule has 1 aromatic carbocycles. The van der Waals surface area contributed by atoms with E-state index in [1.165, 1.54) is 7.11 Å². The van der Waals surface area contributed by atoms with Gasteiger partial charge >= 0.3 is 0 Å². The van der Waals surface area contributed by atoms with Gasteiger partial charge in [-0.3, -0.25) is 4.79 Å². The molecule has 0 bridgehead atoms. The number of carbonyl (C=O) groups is 1. The number of nitrogens with one attached hydrogen (secondary N) is 2. The zero-order chi connectivity index (χ0) is 19.3. The first-order chi connectivity index (χ1) is 12.3. The number of hydrogen-bond acceptors (Lipinski definition) is 5. The molecule has 0 spiro atoms. The summed E-state index contributed by atoms with van der Waals surface area (Å²) < 4.78 is 5.30. The topological polar surface area (TPSA) is 76.1 Å². The highest BCUT2D eigenvalue weighted by molar-refractivity contribution is 6.31. The van der Waals surface area contributed by atoms with Crippen molar-refractivity contribution >= 4 is 29.1 Å². The Hall–Kier alpha value is -2.34. The Labute approximate surface area is 159 Å². The van der Waals surface area contributed by atoms with Gasteiger partial charge < -0.3 is 15.4 Å². The van der Waals surface area contributed by atoms with Crippen molar-refractivity contribution in [3.63, 3.8) is 0 Å². The number of nitrogens with zero attached hydrogens (tertiary/aromatic N) is 2. The third-order valence-corrected chi connectivity index (χ3v) is 4.23. The molecule has 26 heavy (non-hydrogen) atoms. The molecule has 1 aromatic heterocycles. The third-order valence-electron chi connectivity index (χ3n) is 3.82. The van der Waals surface area contributed by atoms with E-state index < -0.39 is 0 Å². The SMILES string of the molecule is COc1cc(Cl)c(C)cc1NC(=O)c1cc(C)nc(NCCC(C)C)n1. The van der Waals surface area contributed by atoms with Gasteiger partial charge in [0.2, 0.25) is 5.95 Å². The van der Waals surface area contributed by atoms with E-state index in [2.05, 4.69) is 34.4 Å². The molecule has 7 heteroatoms. The monoisotopic (exact) mass is 376 g/mol. The zero-order valence-corrected chi connectivity index (χ0v) is 16.6. The minimum Gasteiger partial charge on any atom is -0.495 e. The van der Waals surface area contributed by atoms with Crippen LogP contribution in [0.4, 0.5) is 11.6 Å². The second kappa shape index (κ2) is 8.85. The fraction of sp³-hybridized carbons (Fsp3) is 0.421. The average molecular weight is 377 g/mol. The lowest BCUT2D eigenvalue weighted by Gasteiger charge is -2.13. The molecule has 2 rings (SSSR count). The van der Waals surface area contributed by atoms with Gasteiger partial charge in [-0.1, -0.05) is 25.4 Å². The molecule has 0 atom stereocenters. The van der Waals surface area contributed by atoms with Gasteiger partial charge in [-0.15, -0.1) is 0 Å². The predicted molar refractivity (Wildman–Crippen MR) is 105 cm³/mol. The molecule has 0 unspecified atom stereocenters. The number of anilines is 2. The number of amides is 1. The maximum Gasteiger partial charge on any atom is 0.274 e. The van der Waals surface area contributed by atoms with Gasteiger partial charge in [-0.2, -0.15) is 0 Å². The molecule has 1 heterocycles. The number of benzene rings is 1. The Kier molecular flexibility index (Phi) is 6.80. The lowest BCUT2D eigenvalue weighted by atomic mass is 10.1. The number of halogens is 1. The minimum atomic E-state index is -0.331. The maximum absolute atomic E-state index is 12.6. The van der Waals surface area contributed by atoms with Crippen LogP contribution in [0, 0.1) is 19.8 Å². The number of methoxy groups -OCH3 is 1. The van der Waals surface area contributed by atoms with Crippen LogP contribution in [0.25, 0.3) is 0 Å². The van der Waals surface area contributed by atoms with Gasteiger partial charge in [0.25, 0.3) is 5.91 Å². The van der Waals surface area contributed by atoms with Gasteiger partial charge in [-0.25, -0.2) is 9.97 Å².